The van der Waals surface area contributed by atoms with Crippen molar-refractivity contribution in [2.24, 2.45) is 0 Å². The van der Waals surface area contributed by atoms with Gasteiger partial charge in [-0.15, -0.1) is 0 Å². The Balaban J connectivity index is -0.000000451. The van der Waals surface area contributed by atoms with Crippen molar-refractivity contribution in [1.82, 2.24) is 0 Å². The van der Waals surface area contributed by atoms with E-state index in [4.69, 9.17) is 0 Å². The zero-order valence-corrected chi connectivity index (χ0v) is 20.3. The van der Waals surface area contributed by atoms with Crippen molar-refractivity contribution >= 4 is 11.9 Å². The Morgan fingerprint density at radius 1 is 0.448 bits per heavy atom. The van der Waals surface area contributed by atoms with E-state index in [1.54, 1.807) is 0 Å². The van der Waals surface area contributed by atoms with E-state index in [1.807, 2.05) is 0 Å². The number of unbranched alkanes of at least 4 members (excludes halogenated alkanes) is 16. The maximum Gasteiger partial charge on any atom is 0.0414 e. The van der Waals surface area contributed by atoms with E-state index in [1.165, 1.54) is 89.9 Å². The van der Waals surface area contributed by atoms with Gasteiger partial charge >= 0.3 is 0 Å². The molecule has 0 atom stereocenters. The fraction of sp³-hybridized carbons (Fsp3) is 0.917. The second kappa shape index (κ2) is 29.7. The van der Waals surface area contributed by atoms with Crippen LogP contribution >= 0.6 is 0 Å². The summed E-state index contributed by atoms with van der Waals surface area (Å²) in [5.41, 5.74) is 0. The molecule has 0 spiro atoms. The fourth-order valence-electron chi connectivity index (χ4n) is 3.16. The number of aliphatic carboxylic acids is 2. The number of rotatable bonds is 20. The van der Waals surface area contributed by atoms with Crippen molar-refractivity contribution in [1.29, 1.82) is 0 Å². The average Bonchev–Trinajstić information content (AvgIpc) is 2.65. The molecule has 0 bridgehead atoms. The Morgan fingerprint density at radius 2 is 0.655 bits per heavy atom. The number of hydrogen-bond acceptors (Lipinski definition) is 4. The summed E-state index contributed by atoms with van der Waals surface area (Å²) in [5.74, 6) is -1.82. The van der Waals surface area contributed by atoms with Gasteiger partial charge in [-0.25, -0.2) is 0 Å². The van der Waals surface area contributed by atoms with E-state index >= 15 is 0 Å². The second-order valence-electron chi connectivity index (χ2n) is 7.90. The number of carboxylic acids is 2. The van der Waals surface area contributed by atoms with Crippen LogP contribution < -0.4 is 10.2 Å². The van der Waals surface area contributed by atoms with Crippen LogP contribution in [0.5, 0.6) is 0 Å². The summed E-state index contributed by atoms with van der Waals surface area (Å²) in [6.45, 7) is 4.44. The third kappa shape index (κ3) is 38.7. The summed E-state index contributed by atoms with van der Waals surface area (Å²) in [6.07, 6.45) is 22.3. The van der Waals surface area contributed by atoms with Crippen LogP contribution in [0.2, 0.25) is 0 Å². The van der Waals surface area contributed by atoms with Gasteiger partial charge in [0.05, 0.1) is 0 Å². The SMILES string of the molecule is CCCCCCCCCCCC(=O)[O-].CCCCCCCCCCCC(=O)[O-].[Mn]. The van der Waals surface area contributed by atoms with Gasteiger partial charge in [0.25, 0.3) is 0 Å². The van der Waals surface area contributed by atoms with Crippen LogP contribution in [0.4, 0.5) is 0 Å². The Bertz CT molecular complexity index is 303. The largest absolute Gasteiger partial charge is 0.550 e. The maximum absolute atomic E-state index is 10.1. The molecule has 0 heterocycles. The number of hydrogen-bond donors (Lipinski definition) is 0. The van der Waals surface area contributed by atoms with Gasteiger partial charge in [-0.2, -0.15) is 0 Å². The van der Waals surface area contributed by atoms with Crippen LogP contribution in [0.1, 0.15) is 142 Å². The monoisotopic (exact) mass is 453 g/mol. The van der Waals surface area contributed by atoms with Gasteiger partial charge in [0.15, 0.2) is 0 Å². The molecule has 0 rings (SSSR count). The molecule has 0 saturated heterocycles. The minimum absolute atomic E-state index is 0. The summed E-state index contributed by atoms with van der Waals surface area (Å²) in [7, 11) is 0. The van der Waals surface area contributed by atoms with Gasteiger partial charge in [0, 0.05) is 29.0 Å². The molecular formula is C24H46MnO4-2. The molecule has 0 fully saturated rings. The molecule has 0 aromatic heterocycles. The number of carbonyl (C=O) groups excluding carboxylic acids is 2. The van der Waals surface area contributed by atoms with Crippen molar-refractivity contribution in [3.8, 4) is 0 Å². The van der Waals surface area contributed by atoms with Gasteiger partial charge < -0.3 is 19.8 Å². The fourth-order valence-corrected chi connectivity index (χ4v) is 3.16. The number of carbonyl (C=O) groups is 2. The first-order valence-electron chi connectivity index (χ1n) is 11.9. The van der Waals surface area contributed by atoms with Crippen LogP contribution in [-0.2, 0) is 26.7 Å². The molecule has 0 aromatic carbocycles. The molecule has 0 aromatic rings. The van der Waals surface area contributed by atoms with Gasteiger partial charge in [-0.1, -0.05) is 117 Å². The molecule has 5 heteroatoms. The Hall–Kier alpha value is -0.541. The zero-order chi connectivity index (χ0) is 21.3. The second-order valence-corrected chi connectivity index (χ2v) is 7.90. The molecule has 0 aliphatic rings. The van der Waals surface area contributed by atoms with Crippen molar-refractivity contribution in [3.05, 3.63) is 0 Å². The first-order chi connectivity index (χ1) is 13.5. The Morgan fingerprint density at radius 3 is 0.862 bits per heavy atom. The number of carboxylic acid groups (broad SMARTS) is 2. The first kappa shape index (κ1) is 33.1. The minimum Gasteiger partial charge on any atom is -0.550 e. The van der Waals surface area contributed by atoms with Crippen LogP contribution in [0.3, 0.4) is 0 Å². The molecule has 0 aliphatic carbocycles. The van der Waals surface area contributed by atoms with Crippen LogP contribution in [0.25, 0.3) is 0 Å². The van der Waals surface area contributed by atoms with Crippen LogP contribution in [-0.4, -0.2) is 11.9 Å². The minimum atomic E-state index is -0.909. The van der Waals surface area contributed by atoms with Gasteiger partial charge in [-0.05, 0) is 25.7 Å². The van der Waals surface area contributed by atoms with Gasteiger partial charge in [0.1, 0.15) is 0 Å². The predicted octanol–water partition coefficient (Wildman–Crippen LogP) is 5.31. The molecule has 0 saturated carbocycles. The Labute approximate surface area is 191 Å². The smallest absolute Gasteiger partial charge is 0.0414 e. The molecule has 4 nitrogen and oxygen atoms in total. The molecule has 0 amide bonds. The van der Waals surface area contributed by atoms with Crippen LogP contribution in [0, 0.1) is 0 Å². The van der Waals surface area contributed by atoms with E-state index < -0.39 is 11.9 Å². The standard InChI is InChI=1S/2C12H24O2.Mn/c2*1-2-3-4-5-6-7-8-9-10-11-12(13)14;/h2*2-11H2,1H3,(H,13,14);/p-2. The molecule has 0 N–H and O–H groups in total. The quantitative estimate of drug-likeness (QED) is 0.185. The predicted molar refractivity (Wildman–Crippen MR) is 114 cm³/mol. The van der Waals surface area contributed by atoms with Crippen molar-refractivity contribution < 1.29 is 36.9 Å². The van der Waals surface area contributed by atoms with Crippen molar-refractivity contribution in [2.75, 3.05) is 0 Å². The topological polar surface area (TPSA) is 80.3 Å². The van der Waals surface area contributed by atoms with Crippen molar-refractivity contribution in [3.63, 3.8) is 0 Å². The first-order valence-corrected chi connectivity index (χ1v) is 11.9. The van der Waals surface area contributed by atoms with Crippen molar-refractivity contribution in [2.45, 2.75) is 142 Å². The average molecular weight is 454 g/mol. The van der Waals surface area contributed by atoms with E-state index in [-0.39, 0.29) is 29.9 Å². The van der Waals surface area contributed by atoms with Gasteiger partial charge in [-0.3, -0.25) is 0 Å². The normalized spacial score (nSPS) is 10.0. The van der Waals surface area contributed by atoms with E-state index in [2.05, 4.69) is 13.8 Å². The van der Waals surface area contributed by atoms with E-state index in [9.17, 15) is 19.8 Å². The molecular weight excluding hydrogens is 407 g/mol. The maximum atomic E-state index is 10.1. The summed E-state index contributed by atoms with van der Waals surface area (Å²) in [6, 6.07) is 0. The molecule has 0 aliphatic heterocycles. The molecule has 29 heavy (non-hydrogen) atoms. The molecule has 0 unspecified atom stereocenters. The summed E-state index contributed by atoms with van der Waals surface area (Å²) in [5, 5.41) is 20.2. The van der Waals surface area contributed by atoms with E-state index in [0.717, 1.165) is 25.7 Å². The summed E-state index contributed by atoms with van der Waals surface area (Å²) < 4.78 is 0. The molecule has 1 radical (unpaired) electrons. The summed E-state index contributed by atoms with van der Waals surface area (Å²) in [4.78, 5) is 20.2. The third-order valence-corrected chi connectivity index (χ3v) is 4.97. The van der Waals surface area contributed by atoms with Gasteiger partial charge in [0.2, 0.25) is 0 Å². The van der Waals surface area contributed by atoms with E-state index in [0.29, 0.717) is 0 Å². The van der Waals surface area contributed by atoms with Crippen LogP contribution in [0.15, 0.2) is 0 Å². The summed E-state index contributed by atoms with van der Waals surface area (Å²) >= 11 is 0. The third-order valence-electron chi connectivity index (χ3n) is 4.97. The molecule has 175 valence electrons. The Kier molecular flexibility index (Phi) is 33.9. The zero-order valence-electron chi connectivity index (χ0n) is 19.2.